The molecule has 1 aliphatic rings. The van der Waals surface area contributed by atoms with Gasteiger partial charge in [0.2, 0.25) is 11.8 Å². The molecule has 178 valence electrons. The number of pyridine rings is 1. The number of fused-ring (bicyclic) bond motifs is 1. The second-order valence-electron chi connectivity index (χ2n) is 8.27. The number of nitrogens with zero attached hydrogens (tertiary/aromatic N) is 5. The molecule has 0 spiro atoms. The molecule has 0 saturated carbocycles. The molecular formula is C23H25FN6O4. The third kappa shape index (κ3) is 4.28. The molecule has 3 heterocycles. The van der Waals surface area contributed by atoms with Gasteiger partial charge in [0.05, 0.1) is 5.69 Å². The average Bonchev–Trinajstić information content (AvgIpc) is 2.80. The van der Waals surface area contributed by atoms with Crippen molar-refractivity contribution in [2.24, 2.45) is 7.05 Å². The van der Waals surface area contributed by atoms with Crippen LogP contribution in [0.25, 0.3) is 11.0 Å². The fourth-order valence-electron chi connectivity index (χ4n) is 4.23. The Morgan fingerprint density at radius 3 is 2.50 bits per heavy atom. The highest BCUT2D eigenvalue weighted by Gasteiger charge is 2.25. The van der Waals surface area contributed by atoms with Gasteiger partial charge in [0.15, 0.2) is 5.65 Å². The topological polar surface area (TPSA) is 110 Å². The third-order valence-corrected chi connectivity index (χ3v) is 5.96. The molecule has 0 unspecified atom stereocenters. The van der Waals surface area contributed by atoms with Crippen molar-refractivity contribution in [1.82, 2.24) is 19.0 Å². The summed E-state index contributed by atoms with van der Waals surface area (Å²) in [7, 11) is 1.49. The van der Waals surface area contributed by atoms with E-state index in [2.05, 4.69) is 10.3 Å². The smallest absolute Gasteiger partial charge is 0.332 e. The van der Waals surface area contributed by atoms with Crippen LogP contribution in [0.2, 0.25) is 0 Å². The number of aromatic nitrogens is 3. The molecule has 0 atom stereocenters. The van der Waals surface area contributed by atoms with E-state index in [1.54, 1.807) is 11.1 Å². The number of nitrogens with one attached hydrogen (secondary N) is 1. The van der Waals surface area contributed by atoms with E-state index in [4.69, 9.17) is 0 Å². The first-order valence-electron chi connectivity index (χ1n) is 10.8. The number of piperazine rings is 1. The van der Waals surface area contributed by atoms with Gasteiger partial charge in [-0.2, -0.15) is 0 Å². The zero-order valence-corrected chi connectivity index (χ0v) is 19.2. The van der Waals surface area contributed by atoms with Gasteiger partial charge in [-0.15, -0.1) is 0 Å². The lowest BCUT2D eigenvalue weighted by Gasteiger charge is -2.36. The van der Waals surface area contributed by atoms with Crippen LogP contribution in [0.3, 0.4) is 0 Å². The molecule has 34 heavy (non-hydrogen) atoms. The summed E-state index contributed by atoms with van der Waals surface area (Å²) in [5, 5.41) is 2.74. The zero-order chi connectivity index (χ0) is 24.6. The van der Waals surface area contributed by atoms with Crippen LogP contribution < -0.4 is 21.5 Å². The molecule has 0 radical (unpaired) electrons. The number of halogens is 1. The van der Waals surface area contributed by atoms with Crippen molar-refractivity contribution in [3.63, 3.8) is 0 Å². The van der Waals surface area contributed by atoms with Crippen molar-refractivity contribution in [2.75, 3.05) is 36.4 Å². The summed E-state index contributed by atoms with van der Waals surface area (Å²) in [5.74, 6) is -1.17. The maximum atomic E-state index is 13.5. The summed E-state index contributed by atoms with van der Waals surface area (Å²) in [6, 6.07) is 5.34. The number of benzene rings is 1. The summed E-state index contributed by atoms with van der Waals surface area (Å²) in [5.41, 5.74) is 0.496. The molecule has 4 rings (SSSR count). The molecular weight excluding hydrogens is 443 g/mol. The molecule has 10 nitrogen and oxygen atoms in total. The van der Waals surface area contributed by atoms with E-state index in [1.165, 1.54) is 36.7 Å². The predicted octanol–water partition coefficient (Wildman–Crippen LogP) is 0.850. The van der Waals surface area contributed by atoms with E-state index in [-0.39, 0.29) is 22.6 Å². The fraction of sp³-hybridized carbons (Fsp3) is 0.348. The average molecular weight is 468 g/mol. The Kier molecular flexibility index (Phi) is 6.18. The number of carbonyl (C=O) groups is 2. The quantitative estimate of drug-likeness (QED) is 0.608. The van der Waals surface area contributed by atoms with Gasteiger partial charge >= 0.3 is 5.69 Å². The van der Waals surface area contributed by atoms with Crippen molar-refractivity contribution >= 4 is 34.2 Å². The maximum absolute atomic E-state index is 13.5. The van der Waals surface area contributed by atoms with Gasteiger partial charge in [-0.3, -0.25) is 23.5 Å². The van der Waals surface area contributed by atoms with Gasteiger partial charge in [-0.1, -0.05) is 6.07 Å². The summed E-state index contributed by atoms with van der Waals surface area (Å²) in [4.78, 5) is 58.8. The van der Waals surface area contributed by atoms with Crippen LogP contribution >= 0.6 is 0 Å². The largest absolute Gasteiger partial charge is 0.367 e. The lowest BCUT2D eigenvalue weighted by atomic mass is 10.1. The Bertz CT molecular complexity index is 1410. The van der Waals surface area contributed by atoms with Crippen molar-refractivity contribution in [3.8, 4) is 0 Å². The lowest BCUT2D eigenvalue weighted by Crippen LogP contribution is -2.49. The number of anilines is 2. The van der Waals surface area contributed by atoms with Gasteiger partial charge in [0.1, 0.15) is 17.7 Å². The SMILES string of the molecule is CC(=O)N1CCN(c2c(C)cnc3c2c(=O)n(CC(=O)Nc2cccc(F)c2)c(=O)n3C)CC1. The number of hydrogen-bond acceptors (Lipinski definition) is 6. The normalized spacial score (nSPS) is 13.9. The van der Waals surface area contributed by atoms with E-state index < -0.39 is 29.5 Å². The molecule has 11 heteroatoms. The minimum Gasteiger partial charge on any atom is -0.367 e. The van der Waals surface area contributed by atoms with E-state index >= 15 is 0 Å². The molecule has 3 aromatic rings. The Labute approximate surface area is 194 Å². The molecule has 1 aliphatic heterocycles. The first kappa shape index (κ1) is 23.1. The highest BCUT2D eigenvalue weighted by Crippen LogP contribution is 2.27. The molecule has 1 aromatic carbocycles. The van der Waals surface area contributed by atoms with Crippen molar-refractivity contribution < 1.29 is 14.0 Å². The van der Waals surface area contributed by atoms with Gasteiger partial charge < -0.3 is 15.1 Å². The predicted molar refractivity (Wildman–Crippen MR) is 125 cm³/mol. The molecule has 1 N–H and O–H groups in total. The highest BCUT2D eigenvalue weighted by atomic mass is 19.1. The molecule has 1 fully saturated rings. The van der Waals surface area contributed by atoms with Gasteiger partial charge in [-0.25, -0.2) is 14.2 Å². The van der Waals surface area contributed by atoms with Crippen LogP contribution in [0.1, 0.15) is 12.5 Å². The first-order chi connectivity index (χ1) is 16.2. The van der Waals surface area contributed by atoms with Crippen LogP contribution in [-0.4, -0.2) is 57.0 Å². The molecule has 1 saturated heterocycles. The molecule has 2 amide bonds. The van der Waals surface area contributed by atoms with Crippen molar-refractivity contribution in [1.29, 1.82) is 0 Å². The Hall–Kier alpha value is -4.02. The minimum absolute atomic E-state index is 0.00924. The highest BCUT2D eigenvalue weighted by molar-refractivity contribution is 5.92. The van der Waals surface area contributed by atoms with Crippen LogP contribution in [-0.2, 0) is 23.2 Å². The number of rotatable bonds is 4. The van der Waals surface area contributed by atoms with E-state index in [0.717, 1.165) is 16.2 Å². The zero-order valence-electron chi connectivity index (χ0n) is 19.2. The summed E-state index contributed by atoms with van der Waals surface area (Å²) in [6.45, 7) is 4.85. The Balaban J connectivity index is 1.75. The van der Waals surface area contributed by atoms with E-state index in [9.17, 15) is 23.6 Å². The number of carbonyl (C=O) groups excluding carboxylic acids is 2. The van der Waals surface area contributed by atoms with Crippen LogP contribution in [0.5, 0.6) is 0 Å². The minimum atomic E-state index is -0.685. The number of hydrogen-bond donors (Lipinski definition) is 1. The molecule has 0 bridgehead atoms. The molecule has 0 aliphatic carbocycles. The summed E-state index contributed by atoms with van der Waals surface area (Å²) < 4.78 is 15.5. The Morgan fingerprint density at radius 1 is 1.15 bits per heavy atom. The van der Waals surface area contributed by atoms with Gasteiger partial charge in [0.25, 0.3) is 5.56 Å². The first-order valence-corrected chi connectivity index (χ1v) is 10.8. The second-order valence-corrected chi connectivity index (χ2v) is 8.27. The molecule has 2 aromatic heterocycles. The van der Waals surface area contributed by atoms with E-state index in [0.29, 0.717) is 31.9 Å². The second kappa shape index (κ2) is 9.08. The summed E-state index contributed by atoms with van der Waals surface area (Å²) in [6.07, 6.45) is 1.61. The van der Waals surface area contributed by atoms with Gasteiger partial charge in [0, 0.05) is 52.0 Å². The Morgan fingerprint density at radius 2 is 1.85 bits per heavy atom. The van der Waals surface area contributed by atoms with E-state index in [1.807, 2.05) is 11.8 Å². The maximum Gasteiger partial charge on any atom is 0.332 e. The van der Waals surface area contributed by atoms with Crippen molar-refractivity contribution in [3.05, 3.63) is 62.7 Å². The van der Waals surface area contributed by atoms with Crippen LogP contribution in [0.4, 0.5) is 15.8 Å². The fourth-order valence-corrected chi connectivity index (χ4v) is 4.23. The number of amides is 2. The number of aryl methyl sites for hydroxylation is 2. The van der Waals surface area contributed by atoms with Crippen molar-refractivity contribution in [2.45, 2.75) is 20.4 Å². The third-order valence-electron chi connectivity index (χ3n) is 5.96. The lowest BCUT2D eigenvalue weighted by molar-refractivity contribution is -0.129. The monoisotopic (exact) mass is 468 g/mol. The van der Waals surface area contributed by atoms with Crippen LogP contribution in [0, 0.1) is 12.7 Å². The summed E-state index contributed by atoms with van der Waals surface area (Å²) >= 11 is 0. The standard InChI is InChI=1S/C23H25FN6O4/c1-14-12-25-21-19(20(14)29-9-7-28(8-10-29)15(2)31)22(33)30(23(34)27(21)3)13-18(32)26-17-6-4-5-16(24)11-17/h4-6,11-12H,7-10,13H2,1-3H3,(H,26,32). The van der Waals surface area contributed by atoms with Gasteiger partial charge in [-0.05, 0) is 30.7 Å². The van der Waals surface area contributed by atoms with Crippen LogP contribution in [0.15, 0.2) is 40.1 Å².